The van der Waals surface area contributed by atoms with Gasteiger partial charge in [-0.25, -0.2) is 0 Å². The number of alkyl halides is 1. The minimum Gasteiger partial charge on any atom is -0.463 e. The molecule has 5 unspecified atom stereocenters. The zero-order chi connectivity index (χ0) is 16.2. The van der Waals surface area contributed by atoms with Gasteiger partial charge in [0, 0.05) is 20.8 Å². The molecule has 0 aromatic carbocycles. The number of hydrogen-bond donors (Lipinski definition) is 1. The molecule has 0 saturated carbocycles. The van der Waals surface area contributed by atoms with Crippen molar-refractivity contribution in [2.75, 3.05) is 6.61 Å². The van der Waals surface area contributed by atoms with Gasteiger partial charge in [0.25, 0.3) is 0 Å². The van der Waals surface area contributed by atoms with Crippen LogP contribution in [-0.2, 0) is 33.3 Å². The van der Waals surface area contributed by atoms with Crippen LogP contribution in [-0.4, -0.2) is 58.1 Å². The number of esters is 3. The maximum absolute atomic E-state index is 11.2. The first-order chi connectivity index (χ1) is 9.72. The van der Waals surface area contributed by atoms with Crippen LogP contribution in [0.25, 0.3) is 0 Å². The third-order valence-corrected chi connectivity index (χ3v) is 4.15. The van der Waals surface area contributed by atoms with Crippen LogP contribution in [0.4, 0.5) is 0 Å². The van der Waals surface area contributed by atoms with E-state index in [1.54, 1.807) is 0 Å². The number of hydrogen-bond acceptors (Lipinski definition) is 8. The van der Waals surface area contributed by atoms with Crippen LogP contribution in [0.1, 0.15) is 20.8 Å². The average Bonchev–Trinajstić information content (AvgIpc) is 2.35. The van der Waals surface area contributed by atoms with E-state index < -0.39 is 46.4 Å². The lowest BCUT2D eigenvalue weighted by Gasteiger charge is -2.41. The fraction of sp³-hybridized carbons (Fsp3) is 0.750. The van der Waals surface area contributed by atoms with E-state index in [2.05, 4.69) is 0 Å². The van der Waals surface area contributed by atoms with E-state index in [4.69, 9.17) is 18.9 Å². The summed E-state index contributed by atoms with van der Waals surface area (Å²) in [6, 6.07) is 0. The number of halogens is 1. The maximum atomic E-state index is 11.2. The molecule has 9 heteroatoms. The van der Waals surface area contributed by atoms with Gasteiger partial charge >= 0.3 is 17.9 Å². The quantitative estimate of drug-likeness (QED) is 0.294. The molecular weight excluding hydrogens is 399 g/mol. The summed E-state index contributed by atoms with van der Waals surface area (Å²) in [6.45, 7) is 3.51. The Morgan fingerprint density at radius 1 is 1.05 bits per heavy atom. The Balaban J connectivity index is 2.87. The molecule has 1 saturated heterocycles. The molecule has 1 fully saturated rings. The summed E-state index contributed by atoms with van der Waals surface area (Å²) in [6.07, 6.45) is -4.22. The Morgan fingerprint density at radius 2 is 1.57 bits per heavy atom. The lowest BCUT2D eigenvalue weighted by atomic mass is 10.0. The average molecular weight is 416 g/mol. The Labute approximate surface area is 135 Å². The second-order valence-corrected chi connectivity index (χ2v) is 5.90. The molecule has 1 heterocycles. The molecule has 0 aliphatic carbocycles. The van der Waals surface area contributed by atoms with Crippen molar-refractivity contribution in [1.29, 1.82) is 0 Å². The number of aliphatic hydroxyl groups excluding tert-OH is 1. The molecule has 0 radical (unpaired) electrons. The molecular formula is C12H17IO8. The first kappa shape index (κ1) is 18.1. The van der Waals surface area contributed by atoms with Crippen molar-refractivity contribution in [3.8, 4) is 0 Å². The maximum Gasteiger partial charge on any atom is 0.303 e. The molecule has 8 nitrogen and oxygen atoms in total. The van der Waals surface area contributed by atoms with E-state index in [9.17, 15) is 19.5 Å². The lowest BCUT2D eigenvalue weighted by molar-refractivity contribution is -0.259. The van der Waals surface area contributed by atoms with Crippen molar-refractivity contribution in [2.24, 2.45) is 0 Å². The van der Waals surface area contributed by atoms with Crippen molar-refractivity contribution in [3.05, 3.63) is 0 Å². The van der Waals surface area contributed by atoms with E-state index in [1.165, 1.54) is 20.8 Å². The molecule has 0 spiro atoms. The van der Waals surface area contributed by atoms with E-state index in [1.807, 2.05) is 22.6 Å². The van der Waals surface area contributed by atoms with Crippen molar-refractivity contribution in [1.82, 2.24) is 0 Å². The smallest absolute Gasteiger partial charge is 0.303 e. The van der Waals surface area contributed by atoms with Crippen molar-refractivity contribution >= 4 is 40.5 Å². The van der Waals surface area contributed by atoms with E-state index in [0.29, 0.717) is 0 Å². The molecule has 21 heavy (non-hydrogen) atoms. The second kappa shape index (κ2) is 7.90. The molecule has 0 aromatic rings. The summed E-state index contributed by atoms with van der Waals surface area (Å²) in [5.41, 5.74) is 0. The van der Waals surface area contributed by atoms with Crippen LogP contribution in [0.3, 0.4) is 0 Å². The molecule has 0 aromatic heterocycles. The van der Waals surface area contributed by atoms with Gasteiger partial charge in [0.2, 0.25) is 0 Å². The van der Waals surface area contributed by atoms with Crippen LogP contribution >= 0.6 is 22.6 Å². The number of carbonyl (C=O) groups is 3. The Morgan fingerprint density at radius 3 is 2.05 bits per heavy atom. The normalized spacial score (nSPS) is 32.1. The highest BCUT2D eigenvalue weighted by Gasteiger charge is 2.48. The molecule has 5 atom stereocenters. The lowest BCUT2D eigenvalue weighted by Crippen LogP contribution is -2.59. The number of carbonyl (C=O) groups excluding carboxylic acids is 3. The van der Waals surface area contributed by atoms with Gasteiger partial charge in [-0.15, -0.1) is 0 Å². The van der Waals surface area contributed by atoms with Crippen LogP contribution in [0.2, 0.25) is 0 Å². The van der Waals surface area contributed by atoms with Gasteiger partial charge in [-0.05, 0) is 0 Å². The fourth-order valence-electron chi connectivity index (χ4n) is 1.86. The Hall–Kier alpha value is -0.940. The molecule has 120 valence electrons. The molecule has 0 bridgehead atoms. The molecule has 1 N–H and O–H groups in total. The van der Waals surface area contributed by atoms with Gasteiger partial charge in [0.15, 0.2) is 18.5 Å². The Kier molecular flexibility index (Phi) is 6.81. The number of rotatable bonds is 4. The zero-order valence-electron chi connectivity index (χ0n) is 11.8. The third kappa shape index (κ3) is 5.40. The van der Waals surface area contributed by atoms with Crippen LogP contribution in [0, 0.1) is 0 Å². The highest BCUT2D eigenvalue weighted by molar-refractivity contribution is 14.1. The van der Waals surface area contributed by atoms with Crippen LogP contribution < -0.4 is 0 Å². The van der Waals surface area contributed by atoms with E-state index >= 15 is 0 Å². The molecule has 0 amide bonds. The summed E-state index contributed by atoms with van der Waals surface area (Å²) in [4.78, 5) is 33.1. The van der Waals surface area contributed by atoms with Gasteiger partial charge in [0.1, 0.15) is 12.7 Å². The number of ether oxygens (including phenoxy) is 4. The van der Waals surface area contributed by atoms with Gasteiger partial charge in [-0.1, -0.05) is 22.6 Å². The molecule has 1 aliphatic rings. The zero-order valence-corrected chi connectivity index (χ0v) is 13.9. The third-order valence-electron chi connectivity index (χ3n) is 2.64. The summed E-state index contributed by atoms with van der Waals surface area (Å²) in [5, 5.41) is 9.92. The highest BCUT2D eigenvalue weighted by atomic mass is 127. The number of aliphatic hydroxyl groups is 1. The first-order valence-electron chi connectivity index (χ1n) is 6.17. The van der Waals surface area contributed by atoms with Crippen molar-refractivity contribution in [3.63, 3.8) is 0 Å². The standard InChI is InChI=1S/C12H17IO8/c1-5(14)18-4-8-9(13)10(19-6(2)15)11(12(17)21-8)20-7(3)16/h8-12,17H,4H2,1-3H3. The van der Waals surface area contributed by atoms with Crippen LogP contribution in [0.5, 0.6) is 0 Å². The van der Waals surface area contributed by atoms with Gasteiger partial charge in [-0.3, -0.25) is 14.4 Å². The minimum absolute atomic E-state index is 0.107. The fourth-order valence-corrected chi connectivity index (χ4v) is 2.79. The summed E-state index contributed by atoms with van der Waals surface area (Å²) < 4.78 is 19.7. The monoisotopic (exact) mass is 416 g/mol. The molecule has 1 aliphatic heterocycles. The molecule has 1 rings (SSSR count). The highest BCUT2D eigenvalue weighted by Crippen LogP contribution is 2.30. The topological polar surface area (TPSA) is 108 Å². The van der Waals surface area contributed by atoms with Crippen molar-refractivity contribution in [2.45, 2.75) is 49.3 Å². The van der Waals surface area contributed by atoms with E-state index in [0.717, 1.165) is 0 Å². The SMILES string of the molecule is CC(=O)OCC1OC(O)C(OC(C)=O)C(OC(C)=O)C1I. The largest absolute Gasteiger partial charge is 0.463 e. The Bertz CT molecular complexity index is 412. The van der Waals surface area contributed by atoms with Crippen LogP contribution in [0.15, 0.2) is 0 Å². The summed E-state index contributed by atoms with van der Waals surface area (Å²) in [7, 11) is 0. The predicted octanol–water partition coefficient (Wildman–Crippen LogP) is -0.0663. The van der Waals surface area contributed by atoms with Gasteiger partial charge < -0.3 is 24.1 Å². The summed E-state index contributed by atoms with van der Waals surface area (Å²) >= 11 is 1.94. The predicted molar refractivity (Wildman–Crippen MR) is 76.4 cm³/mol. The van der Waals surface area contributed by atoms with Gasteiger partial charge in [-0.2, -0.15) is 0 Å². The first-order valence-corrected chi connectivity index (χ1v) is 7.42. The second-order valence-electron chi connectivity index (χ2n) is 4.46. The van der Waals surface area contributed by atoms with E-state index in [-0.39, 0.29) is 6.61 Å². The van der Waals surface area contributed by atoms with Crippen molar-refractivity contribution < 1.29 is 38.4 Å². The van der Waals surface area contributed by atoms with Gasteiger partial charge in [0.05, 0.1) is 3.92 Å². The summed E-state index contributed by atoms with van der Waals surface area (Å²) in [5.74, 6) is -1.72. The minimum atomic E-state index is -1.48.